The normalized spacial score (nSPS) is 24.1. The highest BCUT2D eigenvalue weighted by Crippen LogP contribution is 2.29. The molecule has 1 N–H and O–H groups in total. The molecule has 0 saturated heterocycles. The minimum absolute atomic E-state index is 0.872. The first-order valence-electron chi connectivity index (χ1n) is 7.20. The standard InChI is InChI=1S/C16H24ClN/c1-13-6-8-14(9-7-13)10-11-18-12-15-4-2-3-5-16(15)17/h2-5,13-14,18H,6-12H2,1H3. The Morgan fingerprint density at radius 3 is 2.61 bits per heavy atom. The maximum absolute atomic E-state index is 6.13. The second-order valence-corrected chi connectivity index (χ2v) is 6.09. The van der Waals surface area contributed by atoms with Crippen LogP contribution < -0.4 is 5.32 Å². The molecule has 18 heavy (non-hydrogen) atoms. The van der Waals surface area contributed by atoms with Gasteiger partial charge in [0.25, 0.3) is 0 Å². The summed E-state index contributed by atoms with van der Waals surface area (Å²) in [4.78, 5) is 0. The van der Waals surface area contributed by atoms with Crippen LogP contribution in [0, 0.1) is 11.8 Å². The van der Waals surface area contributed by atoms with Crippen molar-refractivity contribution in [2.24, 2.45) is 11.8 Å². The number of rotatable bonds is 5. The first-order valence-corrected chi connectivity index (χ1v) is 7.57. The number of hydrogen-bond acceptors (Lipinski definition) is 1. The molecule has 1 aliphatic rings. The van der Waals surface area contributed by atoms with Crippen LogP contribution in [0.15, 0.2) is 24.3 Å². The van der Waals surface area contributed by atoms with Gasteiger partial charge in [-0.3, -0.25) is 0 Å². The van der Waals surface area contributed by atoms with E-state index < -0.39 is 0 Å². The predicted molar refractivity (Wildman–Crippen MR) is 78.9 cm³/mol. The Bertz CT molecular complexity index is 356. The molecule has 0 aliphatic heterocycles. The van der Waals surface area contributed by atoms with E-state index in [0.29, 0.717) is 0 Å². The molecule has 1 saturated carbocycles. The third-order valence-corrected chi connectivity index (χ3v) is 4.51. The number of nitrogens with one attached hydrogen (secondary N) is 1. The molecular weight excluding hydrogens is 242 g/mol. The Kier molecular flexibility index (Phi) is 5.52. The van der Waals surface area contributed by atoms with Crippen LogP contribution >= 0.6 is 11.6 Å². The lowest BCUT2D eigenvalue weighted by molar-refractivity contribution is 0.275. The van der Waals surface area contributed by atoms with Crippen molar-refractivity contribution < 1.29 is 0 Å². The van der Waals surface area contributed by atoms with Gasteiger partial charge in [0.05, 0.1) is 0 Å². The van der Waals surface area contributed by atoms with Crippen molar-refractivity contribution in [1.29, 1.82) is 0 Å². The molecule has 2 heteroatoms. The molecule has 0 aromatic heterocycles. The summed E-state index contributed by atoms with van der Waals surface area (Å²) < 4.78 is 0. The van der Waals surface area contributed by atoms with Gasteiger partial charge in [-0.25, -0.2) is 0 Å². The number of halogens is 1. The van der Waals surface area contributed by atoms with Crippen molar-refractivity contribution in [3.8, 4) is 0 Å². The van der Waals surface area contributed by atoms with Gasteiger partial charge in [0, 0.05) is 11.6 Å². The smallest absolute Gasteiger partial charge is 0.0450 e. The number of benzene rings is 1. The van der Waals surface area contributed by atoms with Gasteiger partial charge in [-0.2, -0.15) is 0 Å². The van der Waals surface area contributed by atoms with E-state index in [2.05, 4.69) is 18.3 Å². The SMILES string of the molecule is CC1CCC(CCNCc2ccccc2Cl)CC1. The summed E-state index contributed by atoms with van der Waals surface area (Å²) in [5, 5.41) is 4.39. The zero-order chi connectivity index (χ0) is 12.8. The Morgan fingerprint density at radius 1 is 1.17 bits per heavy atom. The van der Waals surface area contributed by atoms with Crippen molar-refractivity contribution in [2.75, 3.05) is 6.54 Å². The van der Waals surface area contributed by atoms with Gasteiger partial charge in [-0.05, 0) is 36.4 Å². The van der Waals surface area contributed by atoms with Gasteiger partial charge in [0.1, 0.15) is 0 Å². The van der Waals surface area contributed by atoms with E-state index in [-0.39, 0.29) is 0 Å². The second-order valence-electron chi connectivity index (χ2n) is 5.68. The molecule has 1 aromatic rings. The van der Waals surface area contributed by atoms with Crippen LogP contribution in [0.1, 0.15) is 44.6 Å². The number of hydrogen-bond donors (Lipinski definition) is 1. The van der Waals surface area contributed by atoms with E-state index >= 15 is 0 Å². The van der Waals surface area contributed by atoms with E-state index in [1.165, 1.54) is 37.7 Å². The van der Waals surface area contributed by atoms with Gasteiger partial charge >= 0.3 is 0 Å². The van der Waals surface area contributed by atoms with Crippen LogP contribution in [0.3, 0.4) is 0 Å². The lowest BCUT2D eigenvalue weighted by Crippen LogP contribution is -2.20. The summed E-state index contributed by atoms with van der Waals surface area (Å²) >= 11 is 6.13. The first kappa shape index (κ1) is 13.9. The van der Waals surface area contributed by atoms with E-state index in [4.69, 9.17) is 11.6 Å². The van der Waals surface area contributed by atoms with Crippen LogP contribution in [-0.4, -0.2) is 6.54 Å². The molecule has 100 valence electrons. The summed E-state index contributed by atoms with van der Waals surface area (Å²) in [5.74, 6) is 1.90. The Balaban J connectivity index is 1.63. The fourth-order valence-corrected chi connectivity index (χ4v) is 2.99. The highest BCUT2D eigenvalue weighted by Gasteiger charge is 2.17. The fourth-order valence-electron chi connectivity index (χ4n) is 2.79. The molecule has 0 spiro atoms. The quantitative estimate of drug-likeness (QED) is 0.765. The van der Waals surface area contributed by atoms with Crippen LogP contribution in [0.2, 0.25) is 5.02 Å². The van der Waals surface area contributed by atoms with Gasteiger partial charge in [-0.1, -0.05) is 62.4 Å². The van der Waals surface area contributed by atoms with Crippen molar-refractivity contribution in [1.82, 2.24) is 5.32 Å². The zero-order valence-electron chi connectivity index (χ0n) is 11.3. The van der Waals surface area contributed by atoms with Crippen LogP contribution in [0.25, 0.3) is 0 Å². The minimum Gasteiger partial charge on any atom is -0.313 e. The van der Waals surface area contributed by atoms with E-state index in [1.54, 1.807) is 0 Å². The molecule has 2 rings (SSSR count). The molecule has 0 radical (unpaired) electrons. The summed E-state index contributed by atoms with van der Waals surface area (Å²) in [6, 6.07) is 8.08. The summed E-state index contributed by atoms with van der Waals surface area (Å²) in [6.45, 7) is 4.39. The average Bonchev–Trinajstić information content (AvgIpc) is 2.39. The lowest BCUT2D eigenvalue weighted by atomic mass is 9.81. The molecule has 0 amide bonds. The molecule has 1 fully saturated rings. The molecule has 0 heterocycles. The van der Waals surface area contributed by atoms with E-state index in [9.17, 15) is 0 Å². The Labute approximate surface area is 116 Å². The molecule has 1 aromatic carbocycles. The van der Waals surface area contributed by atoms with Crippen LogP contribution in [0.5, 0.6) is 0 Å². The van der Waals surface area contributed by atoms with Gasteiger partial charge in [0.2, 0.25) is 0 Å². The molecule has 0 unspecified atom stereocenters. The van der Waals surface area contributed by atoms with E-state index in [0.717, 1.165) is 29.9 Å². The molecule has 0 bridgehead atoms. The topological polar surface area (TPSA) is 12.0 Å². The Hall–Kier alpha value is -0.530. The Morgan fingerprint density at radius 2 is 1.89 bits per heavy atom. The summed E-state index contributed by atoms with van der Waals surface area (Å²) in [7, 11) is 0. The van der Waals surface area contributed by atoms with Crippen LogP contribution in [0.4, 0.5) is 0 Å². The molecule has 1 aliphatic carbocycles. The third-order valence-electron chi connectivity index (χ3n) is 4.14. The first-order chi connectivity index (χ1) is 8.75. The van der Waals surface area contributed by atoms with Gasteiger partial charge in [0.15, 0.2) is 0 Å². The maximum atomic E-state index is 6.13. The van der Waals surface area contributed by atoms with Gasteiger partial charge in [-0.15, -0.1) is 0 Å². The molecule has 0 atom stereocenters. The monoisotopic (exact) mass is 265 g/mol. The molecule has 1 nitrogen and oxygen atoms in total. The fraction of sp³-hybridized carbons (Fsp3) is 0.625. The van der Waals surface area contributed by atoms with Crippen LogP contribution in [-0.2, 0) is 6.54 Å². The third kappa shape index (κ3) is 4.29. The minimum atomic E-state index is 0.872. The lowest BCUT2D eigenvalue weighted by Gasteiger charge is -2.26. The van der Waals surface area contributed by atoms with Crippen molar-refractivity contribution >= 4 is 11.6 Å². The van der Waals surface area contributed by atoms with Crippen molar-refractivity contribution in [2.45, 2.75) is 45.6 Å². The molecular formula is C16H24ClN. The van der Waals surface area contributed by atoms with Crippen molar-refractivity contribution in [3.05, 3.63) is 34.9 Å². The highest BCUT2D eigenvalue weighted by molar-refractivity contribution is 6.31. The predicted octanol–water partition coefficient (Wildman–Crippen LogP) is 4.65. The summed E-state index contributed by atoms with van der Waals surface area (Å²) in [6.07, 6.45) is 7.02. The van der Waals surface area contributed by atoms with E-state index in [1.807, 2.05) is 18.2 Å². The second kappa shape index (κ2) is 7.16. The summed E-state index contributed by atoms with van der Waals surface area (Å²) in [5.41, 5.74) is 1.21. The van der Waals surface area contributed by atoms with Gasteiger partial charge < -0.3 is 5.32 Å². The maximum Gasteiger partial charge on any atom is 0.0450 e. The highest BCUT2D eigenvalue weighted by atomic mass is 35.5. The zero-order valence-corrected chi connectivity index (χ0v) is 12.0. The largest absolute Gasteiger partial charge is 0.313 e. The average molecular weight is 266 g/mol. The van der Waals surface area contributed by atoms with Crippen molar-refractivity contribution in [3.63, 3.8) is 0 Å².